The van der Waals surface area contributed by atoms with Gasteiger partial charge in [0.05, 0.1) is 18.6 Å². The molecule has 0 fully saturated rings. The second kappa shape index (κ2) is 17.1. The van der Waals surface area contributed by atoms with E-state index in [1.807, 2.05) is 30.3 Å². The highest BCUT2D eigenvalue weighted by atomic mass is 32.1. The van der Waals surface area contributed by atoms with Crippen molar-refractivity contribution in [3.05, 3.63) is 71.8 Å². The van der Waals surface area contributed by atoms with Crippen LogP contribution in [0.4, 0.5) is 0 Å². The largest absolute Gasteiger partial charge is 0.480 e. The van der Waals surface area contributed by atoms with Crippen LogP contribution in [0.1, 0.15) is 25.0 Å². The van der Waals surface area contributed by atoms with Gasteiger partial charge in [-0.15, -0.1) is 0 Å². The highest BCUT2D eigenvalue weighted by Gasteiger charge is 2.33. The molecule has 0 saturated heterocycles. The summed E-state index contributed by atoms with van der Waals surface area (Å²) in [5, 5.41) is 38.4. The molecule has 0 aliphatic heterocycles. The maximum absolute atomic E-state index is 13.5. The van der Waals surface area contributed by atoms with Gasteiger partial charge in [-0.2, -0.15) is 12.6 Å². The molecule has 0 aliphatic rings. The molecule has 6 atom stereocenters. The molecule has 1 unspecified atom stereocenters. The number of carbonyl (C=O) groups is 5. The average Bonchev–Trinajstić information content (AvgIpc) is 2.97. The minimum atomic E-state index is -1.57. The first-order valence-corrected chi connectivity index (χ1v) is 14.0. The second-order valence-corrected chi connectivity index (χ2v) is 10.2. The lowest BCUT2D eigenvalue weighted by molar-refractivity contribution is -0.142. The van der Waals surface area contributed by atoms with Gasteiger partial charge in [-0.1, -0.05) is 60.7 Å². The maximum Gasteiger partial charge on any atom is 0.325 e. The molecule has 0 saturated carbocycles. The fourth-order valence-corrected chi connectivity index (χ4v) is 4.27. The Morgan fingerprint density at radius 1 is 0.714 bits per heavy atom. The summed E-state index contributed by atoms with van der Waals surface area (Å²) in [5.41, 5.74) is 1.65. The lowest BCUT2D eigenvalue weighted by Crippen LogP contribution is -2.61. The van der Waals surface area contributed by atoms with Crippen molar-refractivity contribution in [3.8, 4) is 0 Å². The first-order valence-electron chi connectivity index (χ1n) is 13.4. The molecule has 4 amide bonds. The Labute approximate surface area is 249 Å². The number of carboxylic acids is 1. The SMILES string of the molecule is C[C@H](NC(=O)[C@H](CO)NC(=O)[C@@H](NC(=O)[C@H](Cc1ccccc1)NC(=O)C(CS)Cc1ccccc1)[C@@H](C)O)C(=O)O. The Balaban J connectivity index is 2.20. The van der Waals surface area contributed by atoms with Crippen LogP contribution in [0.25, 0.3) is 0 Å². The van der Waals surface area contributed by atoms with Crippen LogP contribution in [0.5, 0.6) is 0 Å². The molecule has 0 aromatic heterocycles. The minimum Gasteiger partial charge on any atom is -0.480 e. The van der Waals surface area contributed by atoms with Crippen LogP contribution in [0.2, 0.25) is 0 Å². The summed E-state index contributed by atoms with van der Waals surface area (Å²) < 4.78 is 0. The van der Waals surface area contributed by atoms with Crippen LogP contribution >= 0.6 is 12.6 Å². The Morgan fingerprint density at radius 3 is 1.69 bits per heavy atom. The normalized spacial score (nSPS) is 15.2. The topological polar surface area (TPSA) is 194 Å². The van der Waals surface area contributed by atoms with Crippen LogP contribution in [-0.2, 0) is 36.8 Å². The van der Waals surface area contributed by atoms with Gasteiger partial charge in [0.1, 0.15) is 24.2 Å². The zero-order chi connectivity index (χ0) is 31.2. The molecule has 0 heterocycles. The summed E-state index contributed by atoms with van der Waals surface area (Å²) in [6, 6.07) is 12.7. The van der Waals surface area contributed by atoms with Crippen molar-refractivity contribution in [3.63, 3.8) is 0 Å². The quantitative estimate of drug-likeness (QED) is 0.117. The van der Waals surface area contributed by atoms with Crippen molar-refractivity contribution in [2.24, 2.45) is 5.92 Å². The number of nitrogens with one attached hydrogen (secondary N) is 4. The zero-order valence-electron chi connectivity index (χ0n) is 23.4. The third kappa shape index (κ3) is 10.8. The number of amides is 4. The van der Waals surface area contributed by atoms with E-state index in [1.165, 1.54) is 13.8 Å². The van der Waals surface area contributed by atoms with Crippen LogP contribution in [0.15, 0.2) is 60.7 Å². The molecule has 2 aromatic rings. The number of carboxylic acid groups (broad SMARTS) is 1. The van der Waals surface area contributed by atoms with Gasteiger partial charge in [0.2, 0.25) is 23.6 Å². The van der Waals surface area contributed by atoms with Crippen molar-refractivity contribution in [1.82, 2.24) is 21.3 Å². The Morgan fingerprint density at radius 2 is 1.21 bits per heavy atom. The van der Waals surface area contributed by atoms with E-state index < -0.39 is 72.4 Å². The number of carbonyl (C=O) groups excluding carboxylic acids is 4. The van der Waals surface area contributed by atoms with E-state index in [2.05, 4.69) is 33.9 Å². The first kappa shape index (κ1) is 34.3. The molecule has 0 spiro atoms. The number of thiol groups is 1. The number of aliphatic hydroxyl groups is 2. The molecule has 2 aromatic carbocycles. The Kier molecular flexibility index (Phi) is 14.0. The van der Waals surface area contributed by atoms with Crippen LogP contribution in [0.3, 0.4) is 0 Å². The average molecular weight is 603 g/mol. The molecular weight excluding hydrogens is 564 g/mol. The maximum atomic E-state index is 13.5. The summed E-state index contributed by atoms with van der Waals surface area (Å²) in [7, 11) is 0. The first-order chi connectivity index (χ1) is 20.0. The third-order valence-electron chi connectivity index (χ3n) is 6.44. The number of aliphatic carboxylic acids is 1. The van der Waals surface area contributed by atoms with Crippen LogP contribution < -0.4 is 21.3 Å². The molecule has 7 N–H and O–H groups in total. The van der Waals surface area contributed by atoms with Crippen molar-refractivity contribution >= 4 is 42.2 Å². The molecule has 13 heteroatoms. The zero-order valence-corrected chi connectivity index (χ0v) is 24.3. The van der Waals surface area contributed by atoms with Gasteiger partial charge in [-0.25, -0.2) is 0 Å². The molecule has 2 rings (SSSR count). The summed E-state index contributed by atoms with van der Waals surface area (Å²) in [6.07, 6.45) is -0.975. The van der Waals surface area contributed by atoms with Gasteiger partial charge in [0, 0.05) is 12.2 Å². The van der Waals surface area contributed by atoms with Gasteiger partial charge >= 0.3 is 5.97 Å². The van der Waals surface area contributed by atoms with Gasteiger partial charge in [-0.3, -0.25) is 24.0 Å². The smallest absolute Gasteiger partial charge is 0.325 e. The molecule has 0 bridgehead atoms. The number of hydrogen-bond donors (Lipinski definition) is 8. The summed E-state index contributed by atoms with van der Waals surface area (Å²) in [6.45, 7) is 1.57. The fraction of sp³-hybridized carbons (Fsp3) is 0.414. The van der Waals surface area contributed by atoms with E-state index in [9.17, 15) is 34.2 Å². The number of benzene rings is 2. The van der Waals surface area contributed by atoms with E-state index >= 15 is 0 Å². The second-order valence-electron chi connectivity index (χ2n) is 9.86. The van der Waals surface area contributed by atoms with Crippen molar-refractivity contribution < 1.29 is 39.3 Å². The monoisotopic (exact) mass is 602 g/mol. The summed E-state index contributed by atoms with van der Waals surface area (Å²) >= 11 is 4.32. The summed E-state index contributed by atoms with van der Waals surface area (Å²) in [5.74, 6) is -4.84. The van der Waals surface area contributed by atoms with E-state index in [4.69, 9.17) is 5.11 Å². The molecule has 12 nitrogen and oxygen atoms in total. The Hall–Kier alpha value is -3.94. The van der Waals surface area contributed by atoms with E-state index in [-0.39, 0.29) is 12.2 Å². The molecule has 228 valence electrons. The predicted molar refractivity (Wildman–Crippen MR) is 157 cm³/mol. The van der Waals surface area contributed by atoms with E-state index in [0.29, 0.717) is 6.42 Å². The van der Waals surface area contributed by atoms with Crippen LogP contribution in [0, 0.1) is 5.92 Å². The van der Waals surface area contributed by atoms with Gasteiger partial charge in [0.15, 0.2) is 0 Å². The van der Waals surface area contributed by atoms with Gasteiger partial charge < -0.3 is 36.6 Å². The Bertz CT molecular complexity index is 1200. The number of aliphatic hydroxyl groups excluding tert-OH is 2. The number of hydrogen-bond acceptors (Lipinski definition) is 8. The van der Waals surface area contributed by atoms with Crippen molar-refractivity contribution in [2.75, 3.05) is 12.4 Å². The predicted octanol–water partition coefficient (Wildman–Crippen LogP) is -0.565. The molecule has 0 radical (unpaired) electrons. The lowest BCUT2D eigenvalue weighted by Gasteiger charge is -2.27. The third-order valence-corrected chi connectivity index (χ3v) is 6.88. The highest BCUT2D eigenvalue weighted by molar-refractivity contribution is 7.80. The highest BCUT2D eigenvalue weighted by Crippen LogP contribution is 2.12. The van der Waals surface area contributed by atoms with Crippen molar-refractivity contribution in [1.29, 1.82) is 0 Å². The van der Waals surface area contributed by atoms with E-state index in [1.54, 1.807) is 30.3 Å². The molecular formula is C29H38N4O8S. The lowest BCUT2D eigenvalue weighted by atomic mass is 9.98. The van der Waals surface area contributed by atoms with Gasteiger partial charge in [-0.05, 0) is 31.4 Å². The number of rotatable bonds is 16. The van der Waals surface area contributed by atoms with Crippen LogP contribution in [-0.4, -0.2) is 87.5 Å². The van der Waals surface area contributed by atoms with Crippen molar-refractivity contribution in [2.45, 2.75) is 57.0 Å². The minimum absolute atomic E-state index is 0.0753. The molecule has 42 heavy (non-hydrogen) atoms. The molecule has 0 aliphatic carbocycles. The fourth-order valence-electron chi connectivity index (χ4n) is 3.98. The van der Waals surface area contributed by atoms with Gasteiger partial charge in [0.25, 0.3) is 0 Å². The van der Waals surface area contributed by atoms with E-state index in [0.717, 1.165) is 11.1 Å². The standard InChI is InChI=1S/C29H38N4O8S/c1-17(29(40)41)30-27(38)23(15-34)32-28(39)24(18(2)35)33-26(37)22(14-20-11-7-4-8-12-20)31-25(36)21(16-42)13-19-9-5-3-6-10-19/h3-12,17-18,21-24,34-35,42H,13-16H2,1-2H3,(H,30,38)(H,31,36)(H,32,39)(H,33,37)(H,40,41)/t17-,18+,21?,22-,23-,24-/m0/s1. The summed E-state index contributed by atoms with van der Waals surface area (Å²) in [4.78, 5) is 63.1.